The van der Waals surface area contributed by atoms with Crippen molar-refractivity contribution in [3.8, 4) is 0 Å². The quantitative estimate of drug-likeness (QED) is 0.908. The Morgan fingerprint density at radius 2 is 2.05 bits per heavy atom. The summed E-state index contributed by atoms with van der Waals surface area (Å²) in [6.45, 7) is 0.366. The van der Waals surface area contributed by atoms with Crippen LogP contribution >= 0.6 is 15.9 Å². The molecule has 6 heteroatoms. The number of rotatable bonds is 4. The average Bonchev–Trinajstić information content (AvgIpc) is 2.75. The zero-order valence-corrected chi connectivity index (χ0v) is 13.2. The Labute approximate surface area is 122 Å². The summed E-state index contributed by atoms with van der Waals surface area (Å²) < 4.78 is 26.8. The Kier molecular flexibility index (Phi) is 4.66. The maximum Gasteiger partial charge on any atom is 0.243 e. The molecule has 1 saturated carbocycles. The maximum absolute atomic E-state index is 12.5. The summed E-state index contributed by atoms with van der Waals surface area (Å²) in [7, 11) is -1.94. The van der Waals surface area contributed by atoms with Crippen LogP contribution < -0.4 is 0 Å². The monoisotopic (exact) mass is 347 g/mol. The minimum atomic E-state index is -3.51. The minimum Gasteiger partial charge on any atom is -0.393 e. The van der Waals surface area contributed by atoms with Crippen molar-refractivity contribution in [2.24, 2.45) is 5.92 Å². The molecule has 0 aromatic heterocycles. The van der Waals surface area contributed by atoms with Crippen LogP contribution in [0.4, 0.5) is 0 Å². The Hall–Kier alpha value is -0.430. The van der Waals surface area contributed by atoms with Gasteiger partial charge in [-0.1, -0.05) is 18.6 Å². The first-order chi connectivity index (χ1) is 8.93. The average molecular weight is 348 g/mol. The summed E-state index contributed by atoms with van der Waals surface area (Å²) in [5.41, 5.74) is 0. The molecule has 0 bridgehead atoms. The Bertz CT molecular complexity index is 547. The van der Waals surface area contributed by atoms with Crippen LogP contribution in [0.1, 0.15) is 19.3 Å². The molecule has 1 aliphatic carbocycles. The standard InChI is InChI=1S/C13H18BrNO3S/c1-15(9-10-5-4-7-12(10)16)19(17,18)13-8-3-2-6-11(13)14/h2-3,6,8,10,12,16H,4-5,7,9H2,1H3. The van der Waals surface area contributed by atoms with Crippen LogP contribution in [0.25, 0.3) is 0 Å². The summed E-state index contributed by atoms with van der Waals surface area (Å²) in [6, 6.07) is 6.78. The van der Waals surface area contributed by atoms with Crippen molar-refractivity contribution < 1.29 is 13.5 Å². The normalized spacial score (nSPS) is 24.0. The molecule has 1 aromatic rings. The van der Waals surface area contributed by atoms with E-state index in [1.165, 1.54) is 4.31 Å². The van der Waals surface area contributed by atoms with E-state index in [4.69, 9.17) is 0 Å². The predicted octanol–water partition coefficient (Wildman–Crippen LogP) is 2.23. The highest BCUT2D eigenvalue weighted by molar-refractivity contribution is 9.10. The summed E-state index contributed by atoms with van der Waals surface area (Å²) >= 11 is 3.27. The van der Waals surface area contributed by atoms with E-state index in [1.807, 2.05) is 0 Å². The third-order valence-corrected chi connectivity index (χ3v) is 6.47. The number of hydrogen-bond acceptors (Lipinski definition) is 3. The van der Waals surface area contributed by atoms with Gasteiger partial charge in [-0.2, -0.15) is 0 Å². The third kappa shape index (κ3) is 3.18. The number of aliphatic hydroxyl groups excluding tert-OH is 1. The van der Waals surface area contributed by atoms with E-state index in [9.17, 15) is 13.5 Å². The molecule has 106 valence electrons. The molecule has 0 heterocycles. The van der Waals surface area contributed by atoms with Crippen molar-refractivity contribution in [2.45, 2.75) is 30.3 Å². The Morgan fingerprint density at radius 1 is 1.37 bits per heavy atom. The van der Waals surface area contributed by atoms with Gasteiger partial charge in [0.15, 0.2) is 0 Å². The topological polar surface area (TPSA) is 57.6 Å². The van der Waals surface area contributed by atoms with Crippen molar-refractivity contribution in [1.82, 2.24) is 4.31 Å². The van der Waals surface area contributed by atoms with Crippen molar-refractivity contribution in [1.29, 1.82) is 0 Å². The Balaban J connectivity index is 2.18. The second kappa shape index (κ2) is 5.91. The molecule has 19 heavy (non-hydrogen) atoms. The fourth-order valence-corrected chi connectivity index (χ4v) is 4.67. The van der Waals surface area contributed by atoms with Gasteiger partial charge in [-0.05, 0) is 46.8 Å². The lowest BCUT2D eigenvalue weighted by atomic mass is 10.1. The van der Waals surface area contributed by atoms with Gasteiger partial charge in [0.05, 0.1) is 11.0 Å². The number of sulfonamides is 1. The summed E-state index contributed by atoms with van der Waals surface area (Å²) in [6.07, 6.45) is 2.25. The van der Waals surface area contributed by atoms with Crippen LogP contribution in [0.5, 0.6) is 0 Å². The van der Waals surface area contributed by atoms with Crippen LogP contribution in [0.3, 0.4) is 0 Å². The second-order valence-corrected chi connectivity index (χ2v) is 7.84. The van der Waals surface area contributed by atoms with Crippen molar-refractivity contribution in [3.63, 3.8) is 0 Å². The summed E-state index contributed by atoms with van der Waals surface area (Å²) in [5.74, 6) is 0.0438. The lowest BCUT2D eigenvalue weighted by molar-refractivity contribution is 0.123. The van der Waals surface area contributed by atoms with Crippen molar-refractivity contribution in [3.05, 3.63) is 28.7 Å². The Morgan fingerprint density at radius 3 is 2.63 bits per heavy atom. The molecule has 1 aromatic carbocycles. The number of aliphatic hydroxyl groups is 1. The molecule has 0 spiro atoms. The lowest BCUT2D eigenvalue weighted by Crippen LogP contribution is -2.34. The smallest absolute Gasteiger partial charge is 0.243 e. The third-order valence-electron chi connectivity index (χ3n) is 3.64. The van der Waals surface area contributed by atoms with Gasteiger partial charge in [-0.25, -0.2) is 12.7 Å². The van der Waals surface area contributed by atoms with Gasteiger partial charge in [0, 0.05) is 18.1 Å². The molecular formula is C13H18BrNO3S. The van der Waals surface area contributed by atoms with Gasteiger partial charge < -0.3 is 5.11 Å². The molecule has 2 unspecified atom stereocenters. The second-order valence-electron chi connectivity index (χ2n) is 4.97. The maximum atomic E-state index is 12.5. The fourth-order valence-electron chi connectivity index (χ4n) is 2.48. The number of nitrogens with zero attached hydrogens (tertiary/aromatic N) is 1. The lowest BCUT2D eigenvalue weighted by Gasteiger charge is -2.23. The van der Waals surface area contributed by atoms with Crippen LogP contribution in [0.2, 0.25) is 0 Å². The number of hydrogen-bond donors (Lipinski definition) is 1. The zero-order valence-electron chi connectivity index (χ0n) is 10.8. The number of benzene rings is 1. The van der Waals surface area contributed by atoms with E-state index in [-0.39, 0.29) is 16.9 Å². The minimum absolute atomic E-state index is 0.0438. The highest BCUT2D eigenvalue weighted by atomic mass is 79.9. The van der Waals surface area contributed by atoms with Gasteiger partial charge in [-0.3, -0.25) is 0 Å². The first kappa shape index (κ1) is 15.0. The molecule has 1 fully saturated rings. The van der Waals surface area contributed by atoms with Gasteiger partial charge in [0.25, 0.3) is 0 Å². The largest absolute Gasteiger partial charge is 0.393 e. The van der Waals surface area contributed by atoms with Crippen LogP contribution in [-0.4, -0.2) is 37.5 Å². The van der Waals surface area contributed by atoms with Crippen molar-refractivity contribution >= 4 is 26.0 Å². The summed E-state index contributed by atoms with van der Waals surface area (Å²) in [5, 5.41) is 9.80. The highest BCUT2D eigenvalue weighted by Gasteiger charge is 2.31. The highest BCUT2D eigenvalue weighted by Crippen LogP contribution is 2.29. The summed E-state index contributed by atoms with van der Waals surface area (Å²) in [4.78, 5) is 0.269. The van der Waals surface area contributed by atoms with Gasteiger partial charge in [-0.15, -0.1) is 0 Å². The van der Waals surface area contributed by atoms with Gasteiger partial charge >= 0.3 is 0 Å². The number of halogens is 1. The molecular weight excluding hydrogens is 330 g/mol. The van der Waals surface area contributed by atoms with E-state index >= 15 is 0 Å². The van der Waals surface area contributed by atoms with Gasteiger partial charge in [0.2, 0.25) is 10.0 Å². The molecule has 1 N–H and O–H groups in total. The van der Waals surface area contributed by atoms with E-state index in [2.05, 4.69) is 15.9 Å². The predicted molar refractivity (Wildman–Crippen MR) is 77.3 cm³/mol. The van der Waals surface area contributed by atoms with Crippen LogP contribution in [0.15, 0.2) is 33.6 Å². The first-order valence-electron chi connectivity index (χ1n) is 6.32. The molecule has 0 saturated heterocycles. The fraction of sp³-hybridized carbons (Fsp3) is 0.538. The SMILES string of the molecule is CN(CC1CCCC1O)S(=O)(=O)c1ccccc1Br. The van der Waals surface area contributed by atoms with Gasteiger partial charge in [0.1, 0.15) is 0 Å². The molecule has 2 atom stereocenters. The van der Waals surface area contributed by atoms with E-state index < -0.39 is 10.0 Å². The molecule has 2 rings (SSSR count). The molecule has 4 nitrogen and oxygen atoms in total. The van der Waals surface area contributed by atoms with E-state index in [1.54, 1.807) is 31.3 Å². The van der Waals surface area contributed by atoms with E-state index in [0.29, 0.717) is 11.0 Å². The first-order valence-corrected chi connectivity index (χ1v) is 8.55. The molecule has 0 aliphatic heterocycles. The van der Waals surface area contributed by atoms with E-state index in [0.717, 1.165) is 19.3 Å². The van der Waals surface area contributed by atoms with Crippen LogP contribution in [-0.2, 0) is 10.0 Å². The molecule has 0 radical (unpaired) electrons. The van der Waals surface area contributed by atoms with Crippen molar-refractivity contribution in [2.75, 3.05) is 13.6 Å². The molecule has 1 aliphatic rings. The van der Waals surface area contributed by atoms with Crippen LogP contribution in [0, 0.1) is 5.92 Å². The zero-order chi connectivity index (χ0) is 14.0. The molecule has 0 amide bonds.